The number of halogens is 3. The van der Waals surface area contributed by atoms with E-state index in [0.29, 0.717) is 30.0 Å². The highest BCUT2D eigenvalue weighted by Gasteiger charge is 2.53. The first kappa shape index (κ1) is 20.2. The molecule has 29 heavy (non-hydrogen) atoms. The molecule has 0 spiro atoms. The predicted octanol–water partition coefficient (Wildman–Crippen LogP) is 5.98. The van der Waals surface area contributed by atoms with E-state index in [2.05, 4.69) is 37.5 Å². The van der Waals surface area contributed by atoms with Gasteiger partial charge in [-0.2, -0.15) is 0 Å². The molecule has 0 aliphatic heterocycles. The number of anilines is 3. The smallest absolute Gasteiger partial charge is 0.238 e. The van der Waals surface area contributed by atoms with Crippen LogP contribution in [-0.4, -0.2) is 18.1 Å². The first-order valence-electron chi connectivity index (χ1n) is 8.67. The van der Waals surface area contributed by atoms with Crippen LogP contribution in [-0.2, 0) is 10.0 Å². The molecule has 1 aliphatic carbocycles. The molecule has 1 heterocycles. The lowest BCUT2D eigenvalue weighted by atomic mass is 10.2. The summed E-state index contributed by atoms with van der Waals surface area (Å²) in [5, 5.41) is 3.22. The number of hydrogen-bond acceptors (Lipinski definition) is 5. The van der Waals surface area contributed by atoms with Gasteiger partial charge in [0.2, 0.25) is 10.0 Å². The minimum absolute atomic E-state index is 0.0149. The molecule has 3 aromatic rings. The molecule has 0 unspecified atom stereocenters. The van der Waals surface area contributed by atoms with Crippen molar-refractivity contribution in [1.82, 2.24) is 4.98 Å². The lowest BCUT2D eigenvalue weighted by Gasteiger charge is -2.19. The highest BCUT2D eigenvalue weighted by molar-refractivity contribution is 9.10. The van der Waals surface area contributed by atoms with Crippen molar-refractivity contribution in [2.45, 2.75) is 24.0 Å². The van der Waals surface area contributed by atoms with E-state index in [1.54, 1.807) is 24.3 Å². The summed E-state index contributed by atoms with van der Waals surface area (Å²) in [7, 11) is -3.79. The van der Waals surface area contributed by atoms with Crippen LogP contribution in [0.25, 0.3) is 11.1 Å². The molecule has 152 valence electrons. The Labute approximate surface area is 180 Å². The zero-order valence-electron chi connectivity index (χ0n) is 15.0. The van der Waals surface area contributed by atoms with Gasteiger partial charge in [-0.25, -0.2) is 17.8 Å². The summed E-state index contributed by atoms with van der Waals surface area (Å²) >= 11 is 9.55. The van der Waals surface area contributed by atoms with Crippen molar-refractivity contribution in [2.24, 2.45) is 0 Å². The van der Waals surface area contributed by atoms with E-state index in [1.807, 2.05) is 0 Å². The van der Waals surface area contributed by atoms with Crippen molar-refractivity contribution < 1.29 is 17.2 Å². The maximum absolute atomic E-state index is 15.2. The van der Waals surface area contributed by atoms with Crippen molar-refractivity contribution in [3.8, 4) is 0 Å². The molecule has 1 aliphatic rings. The minimum atomic E-state index is -3.79. The van der Waals surface area contributed by atoms with E-state index in [4.69, 9.17) is 16.0 Å². The zero-order chi connectivity index (χ0) is 20.8. The lowest BCUT2D eigenvalue weighted by molar-refractivity contribution is 0.582. The number of hydrogen-bond donors (Lipinski definition) is 2. The largest absolute Gasteiger partial charge is 0.443 e. The van der Waals surface area contributed by atoms with Crippen LogP contribution >= 0.6 is 27.5 Å². The number of nitrogens with zero attached hydrogens (tertiary/aromatic N) is 1. The molecule has 1 saturated carbocycles. The lowest BCUT2D eigenvalue weighted by Crippen LogP contribution is -2.29. The van der Waals surface area contributed by atoms with Gasteiger partial charge in [-0.05, 0) is 37.5 Å². The Morgan fingerprint density at radius 2 is 2.10 bits per heavy atom. The Balaban J connectivity index is 1.80. The van der Waals surface area contributed by atoms with E-state index >= 15 is 4.39 Å². The number of fused-ring (bicyclic) bond motifs is 1. The standard InChI is InChI=1S/C19H16BrClFN3O3S/c1-2-5-19(6-7-19)29(26,27)25-14-9-15-18(23-10-28-15)16(22)17(14)24-13-4-3-11(20)8-12(13)21/h2-4,8-10,24-25H,1,5-7H2. The quantitative estimate of drug-likeness (QED) is 0.390. The third-order valence-electron chi connectivity index (χ3n) is 4.90. The van der Waals surface area contributed by atoms with Crippen LogP contribution in [0.3, 0.4) is 0 Å². The van der Waals surface area contributed by atoms with Crippen molar-refractivity contribution in [3.05, 3.63) is 58.6 Å². The van der Waals surface area contributed by atoms with Gasteiger partial charge in [0.1, 0.15) is 11.2 Å². The molecule has 0 amide bonds. The molecule has 0 atom stereocenters. The number of aromatic nitrogens is 1. The van der Waals surface area contributed by atoms with Gasteiger partial charge in [-0.1, -0.05) is 33.6 Å². The van der Waals surface area contributed by atoms with Crippen LogP contribution in [0.4, 0.5) is 21.5 Å². The molecule has 0 bridgehead atoms. The van der Waals surface area contributed by atoms with Gasteiger partial charge < -0.3 is 9.73 Å². The highest BCUT2D eigenvalue weighted by Crippen LogP contribution is 2.48. The number of benzene rings is 2. The summed E-state index contributed by atoms with van der Waals surface area (Å²) in [6.45, 7) is 3.64. The second-order valence-electron chi connectivity index (χ2n) is 6.84. The van der Waals surface area contributed by atoms with Gasteiger partial charge in [0, 0.05) is 10.5 Å². The fourth-order valence-corrected chi connectivity index (χ4v) is 5.49. The Bertz CT molecular complexity index is 1220. The van der Waals surface area contributed by atoms with Gasteiger partial charge >= 0.3 is 0 Å². The summed E-state index contributed by atoms with van der Waals surface area (Å²) < 4.78 is 48.7. The second-order valence-corrected chi connectivity index (χ2v) is 10.2. The third kappa shape index (κ3) is 3.62. The van der Waals surface area contributed by atoms with Crippen molar-refractivity contribution in [3.63, 3.8) is 0 Å². The molecule has 0 saturated heterocycles. The summed E-state index contributed by atoms with van der Waals surface area (Å²) in [4.78, 5) is 3.87. The van der Waals surface area contributed by atoms with Crippen LogP contribution in [0, 0.1) is 5.82 Å². The molecule has 10 heteroatoms. The zero-order valence-corrected chi connectivity index (χ0v) is 18.2. The van der Waals surface area contributed by atoms with Crippen LogP contribution in [0.1, 0.15) is 19.3 Å². The number of oxazole rings is 1. The van der Waals surface area contributed by atoms with Gasteiger partial charge in [-0.15, -0.1) is 6.58 Å². The molecule has 2 aromatic carbocycles. The van der Waals surface area contributed by atoms with E-state index < -0.39 is 20.6 Å². The van der Waals surface area contributed by atoms with Crippen molar-refractivity contribution in [1.29, 1.82) is 0 Å². The number of rotatable bonds is 7. The topological polar surface area (TPSA) is 84.2 Å². The Kier molecular flexibility index (Phi) is 5.08. The molecule has 6 nitrogen and oxygen atoms in total. The van der Waals surface area contributed by atoms with Gasteiger partial charge in [-0.3, -0.25) is 4.72 Å². The van der Waals surface area contributed by atoms with E-state index in [-0.39, 0.29) is 22.5 Å². The first-order chi connectivity index (χ1) is 13.8. The molecule has 1 aromatic heterocycles. The number of sulfonamides is 1. The predicted molar refractivity (Wildman–Crippen MR) is 116 cm³/mol. The molecular formula is C19H16BrClFN3O3S. The monoisotopic (exact) mass is 499 g/mol. The van der Waals surface area contributed by atoms with E-state index in [0.717, 1.165) is 10.9 Å². The molecule has 1 fully saturated rings. The number of nitrogens with one attached hydrogen (secondary N) is 2. The third-order valence-corrected chi connectivity index (χ3v) is 7.91. The Hall–Kier alpha value is -2.10. The van der Waals surface area contributed by atoms with Gasteiger partial charge in [0.25, 0.3) is 0 Å². The molecule has 4 rings (SSSR count). The summed E-state index contributed by atoms with van der Waals surface area (Å²) in [5.41, 5.74) is 0.441. The van der Waals surface area contributed by atoms with Gasteiger partial charge in [0.15, 0.2) is 17.8 Å². The fraction of sp³-hybridized carbons (Fsp3) is 0.211. The highest BCUT2D eigenvalue weighted by atomic mass is 79.9. The van der Waals surface area contributed by atoms with Crippen molar-refractivity contribution >= 4 is 65.7 Å². The molecule has 0 radical (unpaired) electrons. The normalized spacial score (nSPS) is 15.3. The average Bonchev–Trinajstić information content (AvgIpc) is 3.30. The van der Waals surface area contributed by atoms with E-state index in [9.17, 15) is 8.42 Å². The Morgan fingerprint density at radius 1 is 1.34 bits per heavy atom. The van der Waals surface area contributed by atoms with Gasteiger partial charge in [0.05, 0.1) is 21.1 Å². The van der Waals surface area contributed by atoms with Crippen LogP contribution in [0.15, 0.2) is 52.2 Å². The van der Waals surface area contributed by atoms with Crippen LogP contribution in [0.2, 0.25) is 5.02 Å². The van der Waals surface area contributed by atoms with Crippen LogP contribution in [0.5, 0.6) is 0 Å². The fourth-order valence-electron chi connectivity index (χ4n) is 3.13. The summed E-state index contributed by atoms with van der Waals surface area (Å²) in [6, 6.07) is 6.43. The number of allylic oxidation sites excluding steroid dienone is 1. The van der Waals surface area contributed by atoms with E-state index in [1.165, 1.54) is 6.07 Å². The second kappa shape index (κ2) is 7.30. The average molecular weight is 501 g/mol. The maximum atomic E-state index is 15.2. The SMILES string of the molecule is C=CCC1(S(=O)(=O)Nc2cc3ocnc3c(F)c2Nc2ccc(Br)cc2Cl)CC1. The summed E-state index contributed by atoms with van der Waals surface area (Å²) in [6.07, 6.45) is 4.03. The maximum Gasteiger partial charge on any atom is 0.238 e. The van der Waals surface area contributed by atoms with Crippen LogP contribution < -0.4 is 10.0 Å². The minimum Gasteiger partial charge on any atom is -0.443 e. The molecular weight excluding hydrogens is 485 g/mol. The Morgan fingerprint density at radius 3 is 2.76 bits per heavy atom. The van der Waals surface area contributed by atoms with Crippen molar-refractivity contribution in [2.75, 3.05) is 10.0 Å². The first-order valence-corrected chi connectivity index (χ1v) is 11.3. The molecule has 2 N–H and O–H groups in total. The summed E-state index contributed by atoms with van der Waals surface area (Å²) in [5.74, 6) is -0.749.